The Balaban J connectivity index is 1.56. The highest BCUT2D eigenvalue weighted by Gasteiger charge is 2.18. The molecule has 23 heavy (non-hydrogen) atoms. The van der Waals surface area contributed by atoms with Gasteiger partial charge in [0.2, 0.25) is 5.91 Å². The van der Waals surface area contributed by atoms with E-state index in [0.29, 0.717) is 6.54 Å². The molecule has 3 rings (SSSR count). The number of benzene rings is 1. The Morgan fingerprint density at radius 2 is 2.04 bits per heavy atom. The summed E-state index contributed by atoms with van der Waals surface area (Å²) in [6, 6.07) is 10.0. The predicted octanol–water partition coefficient (Wildman–Crippen LogP) is 3.07. The molecule has 0 spiro atoms. The minimum absolute atomic E-state index is 0.0669. The average molecular weight is 311 g/mol. The topological polar surface area (TPSA) is 46.9 Å². The first-order chi connectivity index (χ1) is 11.3. The zero-order valence-corrected chi connectivity index (χ0v) is 13.8. The van der Waals surface area contributed by atoms with Crippen molar-refractivity contribution in [2.75, 3.05) is 6.54 Å². The molecule has 1 unspecified atom stereocenters. The van der Waals surface area contributed by atoms with Crippen LogP contribution >= 0.6 is 0 Å². The SMILES string of the molecule is CCC(C(=O)NCCn1ncc2c1CCCC2)c1ccccc1. The molecule has 1 heterocycles. The van der Waals surface area contributed by atoms with Gasteiger partial charge in [-0.2, -0.15) is 5.10 Å². The molecule has 1 aromatic heterocycles. The summed E-state index contributed by atoms with van der Waals surface area (Å²) in [5.41, 5.74) is 3.84. The van der Waals surface area contributed by atoms with Crippen molar-refractivity contribution in [3.8, 4) is 0 Å². The molecule has 0 saturated carbocycles. The number of nitrogens with zero attached hydrogens (tertiary/aromatic N) is 2. The summed E-state index contributed by atoms with van der Waals surface area (Å²) in [7, 11) is 0. The van der Waals surface area contributed by atoms with E-state index in [0.717, 1.165) is 31.4 Å². The minimum atomic E-state index is -0.0669. The molecule has 1 aliphatic rings. The van der Waals surface area contributed by atoms with Crippen molar-refractivity contribution in [3.05, 3.63) is 53.3 Å². The van der Waals surface area contributed by atoms with Crippen molar-refractivity contribution < 1.29 is 4.79 Å². The number of carbonyl (C=O) groups is 1. The Morgan fingerprint density at radius 1 is 1.26 bits per heavy atom. The number of fused-ring (bicyclic) bond motifs is 1. The number of aryl methyl sites for hydroxylation is 1. The molecule has 0 radical (unpaired) electrons. The molecule has 0 fully saturated rings. The van der Waals surface area contributed by atoms with Crippen LogP contribution in [0, 0.1) is 0 Å². The summed E-state index contributed by atoms with van der Waals surface area (Å²) in [5, 5.41) is 7.56. The molecule has 1 aromatic carbocycles. The quantitative estimate of drug-likeness (QED) is 0.891. The first kappa shape index (κ1) is 15.8. The van der Waals surface area contributed by atoms with E-state index >= 15 is 0 Å². The van der Waals surface area contributed by atoms with Crippen LogP contribution in [-0.4, -0.2) is 22.2 Å². The lowest BCUT2D eigenvalue weighted by Gasteiger charge is -2.17. The zero-order valence-electron chi connectivity index (χ0n) is 13.8. The number of aromatic nitrogens is 2. The molecule has 4 heteroatoms. The monoisotopic (exact) mass is 311 g/mol. The lowest BCUT2D eigenvalue weighted by atomic mass is 9.96. The first-order valence-electron chi connectivity index (χ1n) is 8.65. The zero-order chi connectivity index (χ0) is 16.1. The number of rotatable bonds is 6. The summed E-state index contributed by atoms with van der Waals surface area (Å²) in [4.78, 5) is 12.5. The molecule has 122 valence electrons. The van der Waals surface area contributed by atoms with Crippen LogP contribution in [0.3, 0.4) is 0 Å². The summed E-state index contributed by atoms with van der Waals surface area (Å²) >= 11 is 0. The standard InChI is InChI=1S/C19H25N3O/c1-2-17(15-8-4-3-5-9-15)19(23)20-12-13-22-18-11-7-6-10-16(18)14-21-22/h3-5,8-9,14,17H,2,6-7,10-13H2,1H3,(H,20,23). The minimum Gasteiger partial charge on any atom is -0.354 e. The molecule has 0 saturated heterocycles. The van der Waals surface area contributed by atoms with E-state index in [1.807, 2.05) is 36.5 Å². The van der Waals surface area contributed by atoms with E-state index in [2.05, 4.69) is 22.0 Å². The van der Waals surface area contributed by atoms with E-state index < -0.39 is 0 Å². The van der Waals surface area contributed by atoms with Gasteiger partial charge in [0.25, 0.3) is 0 Å². The molecular weight excluding hydrogens is 286 g/mol. The van der Waals surface area contributed by atoms with Crippen LogP contribution < -0.4 is 5.32 Å². The molecular formula is C19H25N3O. The van der Waals surface area contributed by atoms with Gasteiger partial charge >= 0.3 is 0 Å². The second-order valence-electron chi connectivity index (χ2n) is 6.21. The van der Waals surface area contributed by atoms with E-state index in [9.17, 15) is 4.79 Å². The van der Waals surface area contributed by atoms with Gasteiger partial charge in [-0.1, -0.05) is 37.3 Å². The van der Waals surface area contributed by atoms with Gasteiger partial charge in [-0.05, 0) is 43.2 Å². The number of carbonyl (C=O) groups excluding carboxylic acids is 1. The molecule has 2 aromatic rings. The molecule has 1 atom stereocenters. The van der Waals surface area contributed by atoms with E-state index in [-0.39, 0.29) is 11.8 Å². The number of hydrogen-bond donors (Lipinski definition) is 1. The highest BCUT2D eigenvalue weighted by molar-refractivity contribution is 5.83. The predicted molar refractivity (Wildman–Crippen MR) is 91.4 cm³/mol. The van der Waals surface area contributed by atoms with Gasteiger partial charge in [0.1, 0.15) is 0 Å². The molecule has 1 N–H and O–H groups in total. The maximum absolute atomic E-state index is 12.5. The number of hydrogen-bond acceptors (Lipinski definition) is 2. The smallest absolute Gasteiger partial charge is 0.227 e. The Bertz CT molecular complexity index is 648. The normalized spacial score (nSPS) is 15.0. The van der Waals surface area contributed by atoms with Crippen LogP contribution in [0.4, 0.5) is 0 Å². The van der Waals surface area contributed by atoms with Crippen molar-refractivity contribution in [2.24, 2.45) is 0 Å². The third kappa shape index (κ3) is 3.63. The molecule has 1 aliphatic carbocycles. The van der Waals surface area contributed by atoms with Crippen LogP contribution in [0.5, 0.6) is 0 Å². The highest BCUT2D eigenvalue weighted by atomic mass is 16.1. The van der Waals surface area contributed by atoms with Crippen molar-refractivity contribution in [1.29, 1.82) is 0 Å². The van der Waals surface area contributed by atoms with Crippen LogP contribution in [-0.2, 0) is 24.2 Å². The van der Waals surface area contributed by atoms with Crippen molar-refractivity contribution in [1.82, 2.24) is 15.1 Å². The van der Waals surface area contributed by atoms with Gasteiger partial charge in [0.05, 0.1) is 18.7 Å². The van der Waals surface area contributed by atoms with Gasteiger partial charge < -0.3 is 5.32 Å². The van der Waals surface area contributed by atoms with Crippen molar-refractivity contribution in [3.63, 3.8) is 0 Å². The Kier molecular flexibility index (Phi) is 5.11. The van der Waals surface area contributed by atoms with E-state index in [4.69, 9.17) is 0 Å². The maximum atomic E-state index is 12.5. The molecule has 4 nitrogen and oxygen atoms in total. The summed E-state index contributed by atoms with van der Waals surface area (Å²) in [5.74, 6) is 0.0439. The summed E-state index contributed by atoms with van der Waals surface area (Å²) in [6.45, 7) is 3.45. The van der Waals surface area contributed by atoms with Gasteiger partial charge in [-0.15, -0.1) is 0 Å². The maximum Gasteiger partial charge on any atom is 0.227 e. The number of nitrogens with one attached hydrogen (secondary N) is 1. The second-order valence-corrected chi connectivity index (χ2v) is 6.21. The Labute approximate surface area is 137 Å². The summed E-state index contributed by atoms with van der Waals surface area (Å²) in [6.07, 6.45) is 7.59. The van der Waals surface area contributed by atoms with Crippen LogP contribution in [0.1, 0.15) is 48.9 Å². The fourth-order valence-electron chi connectivity index (χ4n) is 3.41. The highest BCUT2D eigenvalue weighted by Crippen LogP contribution is 2.21. The first-order valence-corrected chi connectivity index (χ1v) is 8.65. The van der Waals surface area contributed by atoms with Gasteiger partial charge in [-0.25, -0.2) is 0 Å². The average Bonchev–Trinajstić information content (AvgIpc) is 3.00. The lowest BCUT2D eigenvalue weighted by molar-refractivity contribution is -0.122. The van der Waals surface area contributed by atoms with Gasteiger partial charge in [0.15, 0.2) is 0 Å². The van der Waals surface area contributed by atoms with E-state index in [1.165, 1.54) is 24.1 Å². The molecule has 0 aliphatic heterocycles. The Hall–Kier alpha value is -2.10. The number of amides is 1. The molecule has 1 amide bonds. The second kappa shape index (κ2) is 7.44. The van der Waals surface area contributed by atoms with Crippen molar-refractivity contribution in [2.45, 2.75) is 51.5 Å². The lowest BCUT2D eigenvalue weighted by Crippen LogP contribution is -2.32. The van der Waals surface area contributed by atoms with Crippen LogP contribution in [0.2, 0.25) is 0 Å². The van der Waals surface area contributed by atoms with Crippen molar-refractivity contribution >= 4 is 5.91 Å². The molecule has 0 bridgehead atoms. The third-order valence-electron chi connectivity index (χ3n) is 4.69. The van der Waals surface area contributed by atoms with E-state index in [1.54, 1.807) is 0 Å². The van der Waals surface area contributed by atoms with Crippen LogP contribution in [0.15, 0.2) is 36.5 Å². The van der Waals surface area contributed by atoms with Gasteiger partial charge in [-0.3, -0.25) is 9.48 Å². The fraction of sp³-hybridized carbons (Fsp3) is 0.474. The van der Waals surface area contributed by atoms with Gasteiger partial charge in [0, 0.05) is 12.2 Å². The fourth-order valence-corrected chi connectivity index (χ4v) is 3.41. The largest absolute Gasteiger partial charge is 0.354 e. The Morgan fingerprint density at radius 3 is 2.83 bits per heavy atom. The van der Waals surface area contributed by atoms with Crippen LogP contribution in [0.25, 0.3) is 0 Å². The third-order valence-corrected chi connectivity index (χ3v) is 4.69. The summed E-state index contributed by atoms with van der Waals surface area (Å²) < 4.78 is 2.07.